The first-order valence-electron chi connectivity index (χ1n) is 11.7. The van der Waals surface area contributed by atoms with Crippen LogP contribution in [0.15, 0.2) is 48.6 Å². The summed E-state index contributed by atoms with van der Waals surface area (Å²) in [5, 5.41) is 11.3. The van der Waals surface area contributed by atoms with Gasteiger partial charge in [-0.15, -0.1) is 0 Å². The summed E-state index contributed by atoms with van der Waals surface area (Å²) in [7, 11) is 1.66. The molecular formula is C26H45NO4. The molecule has 178 valence electrons. The van der Waals surface area contributed by atoms with E-state index in [2.05, 4.69) is 60.8 Å². The molecule has 0 aliphatic carbocycles. The second kappa shape index (κ2) is 23.0. The molecule has 0 aromatic heterocycles. The molecule has 0 aliphatic rings. The van der Waals surface area contributed by atoms with Gasteiger partial charge in [0.15, 0.2) is 6.29 Å². The number of aliphatic hydroxyl groups excluding tert-OH is 1. The van der Waals surface area contributed by atoms with Gasteiger partial charge >= 0.3 is 0 Å². The maximum Gasteiger partial charge on any atom is 0.220 e. The fraction of sp³-hybridized carbons (Fsp3) is 0.654. The number of hydrogen-bond donors (Lipinski definition) is 2. The fourth-order valence-corrected chi connectivity index (χ4v) is 2.75. The quantitative estimate of drug-likeness (QED) is 0.151. The molecule has 0 aliphatic heterocycles. The number of aliphatic hydroxyl groups is 1. The zero-order valence-corrected chi connectivity index (χ0v) is 19.9. The first-order valence-corrected chi connectivity index (χ1v) is 11.7. The van der Waals surface area contributed by atoms with Crippen LogP contribution in [0.4, 0.5) is 0 Å². The second-order valence-electron chi connectivity index (χ2n) is 7.62. The van der Waals surface area contributed by atoms with Gasteiger partial charge in [-0.1, -0.05) is 62.0 Å². The number of hydrogen-bond acceptors (Lipinski definition) is 4. The predicted octanol–water partition coefficient (Wildman–Crippen LogP) is 5.48. The third-order valence-corrected chi connectivity index (χ3v) is 4.67. The number of unbranched alkanes of at least 4 members (excludes halogenated alkanes) is 4. The molecule has 1 amide bonds. The van der Waals surface area contributed by atoms with Crippen LogP contribution in [0.5, 0.6) is 0 Å². The van der Waals surface area contributed by atoms with Crippen molar-refractivity contribution < 1.29 is 19.4 Å². The average Bonchev–Trinajstić information content (AvgIpc) is 2.77. The summed E-state index contributed by atoms with van der Waals surface area (Å²) < 4.78 is 10.5. The first-order chi connectivity index (χ1) is 15.1. The molecule has 0 saturated carbocycles. The molecule has 2 unspecified atom stereocenters. The monoisotopic (exact) mass is 435 g/mol. The van der Waals surface area contributed by atoms with Crippen LogP contribution in [0.3, 0.4) is 0 Å². The largest absolute Gasteiger partial charge is 0.395 e. The predicted molar refractivity (Wildman–Crippen MR) is 130 cm³/mol. The van der Waals surface area contributed by atoms with E-state index < -0.39 is 0 Å². The number of amides is 1. The molecule has 2 N–H and O–H groups in total. The van der Waals surface area contributed by atoms with Crippen LogP contribution in [0.2, 0.25) is 0 Å². The lowest BCUT2D eigenvalue weighted by atomic mass is 10.1. The van der Waals surface area contributed by atoms with E-state index in [-0.39, 0.29) is 18.8 Å². The highest BCUT2D eigenvalue weighted by atomic mass is 16.7. The van der Waals surface area contributed by atoms with Gasteiger partial charge < -0.3 is 19.9 Å². The maximum absolute atomic E-state index is 11.4. The lowest BCUT2D eigenvalue weighted by molar-refractivity contribution is -0.121. The Morgan fingerprint density at radius 3 is 2.32 bits per heavy atom. The zero-order chi connectivity index (χ0) is 23.0. The van der Waals surface area contributed by atoms with Gasteiger partial charge in [0.2, 0.25) is 5.91 Å². The lowest BCUT2D eigenvalue weighted by Gasteiger charge is -2.10. The Labute approximate surface area is 190 Å². The van der Waals surface area contributed by atoms with Crippen molar-refractivity contribution in [1.82, 2.24) is 5.32 Å². The van der Waals surface area contributed by atoms with E-state index >= 15 is 0 Å². The molecular weight excluding hydrogens is 390 g/mol. The molecule has 0 rings (SSSR count). The Hall–Kier alpha value is -1.69. The Morgan fingerprint density at radius 2 is 1.58 bits per heavy atom. The van der Waals surface area contributed by atoms with Crippen LogP contribution in [-0.4, -0.2) is 44.2 Å². The van der Waals surface area contributed by atoms with E-state index in [0.29, 0.717) is 18.9 Å². The van der Waals surface area contributed by atoms with Crippen molar-refractivity contribution >= 4 is 5.91 Å². The highest BCUT2D eigenvalue weighted by Crippen LogP contribution is 2.06. The lowest BCUT2D eigenvalue weighted by Crippen LogP contribution is -2.25. The smallest absolute Gasteiger partial charge is 0.220 e. The van der Waals surface area contributed by atoms with Crippen molar-refractivity contribution in [3.63, 3.8) is 0 Å². The molecule has 0 bridgehead atoms. The van der Waals surface area contributed by atoms with E-state index in [1.165, 1.54) is 12.8 Å². The van der Waals surface area contributed by atoms with Gasteiger partial charge in [-0.05, 0) is 57.8 Å². The SMILES string of the molecule is COC(C)OCCCCC/C=C\C(C)/C=C\C/C=C\C/C=C\CCCC(=O)NCCO. The van der Waals surface area contributed by atoms with Gasteiger partial charge in [0.25, 0.3) is 0 Å². The minimum Gasteiger partial charge on any atom is -0.395 e. The minimum atomic E-state index is -0.103. The van der Waals surface area contributed by atoms with Crippen molar-refractivity contribution in [3.05, 3.63) is 48.6 Å². The molecule has 31 heavy (non-hydrogen) atoms. The van der Waals surface area contributed by atoms with Crippen LogP contribution in [-0.2, 0) is 14.3 Å². The number of carbonyl (C=O) groups excluding carboxylic acids is 1. The van der Waals surface area contributed by atoms with Gasteiger partial charge in [-0.25, -0.2) is 0 Å². The van der Waals surface area contributed by atoms with E-state index in [1.807, 2.05) is 6.92 Å². The minimum absolute atomic E-state index is 0.00483. The average molecular weight is 436 g/mol. The van der Waals surface area contributed by atoms with Crippen LogP contribution < -0.4 is 5.32 Å². The molecule has 2 atom stereocenters. The Kier molecular flexibility index (Phi) is 21.7. The number of carbonyl (C=O) groups is 1. The summed E-state index contributed by atoms with van der Waals surface area (Å²) in [4.78, 5) is 11.4. The Balaban J connectivity index is 3.60. The zero-order valence-electron chi connectivity index (χ0n) is 19.9. The molecule has 5 heteroatoms. The van der Waals surface area contributed by atoms with E-state index in [0.717, 1.165) is 45.1 Å². The number of allylic oxidation sites excluding steroid dienone is 8. The topological polar surface area (TPSA) is 67.8 Å². The first kappa shape index (κ1) is 29.3. The Morgan fingerprint density at radius 1 is 0.903 bits per heavy atom. The van der Waals surface area contributed by atoms with Gasteiger partial charge in [0.05, 0.1) is 6.61 Å². The molecule has 0 aromatic rings. The third-order valence-electron chi connectivity index (χ3n) is 4.67. The second-order valence-corrected chi connectivity index (χ2v) is 7.62. The van der Waals surface area contributed by atoms with Gasteiger partial charge in [0.1, 0.15) is 0 Å². The van der Waals surface area contributed by atoms with Crippen molar-refractivity contribution in [2.24, 2.45) is 5.92 Å². The molecule has 5 nitrogen and oxygen atoms in total. The van der Waals surface area contributed by atoms with Gasteiger partial charge in [0, 0.05) is 26.7 Å². The van der Waals surface area contributed by atoms with E-state index in [4.69, 9.17) is 14.6 Å². The summed E-state index contributed by atoms with van der Waals surface area (Å²) in [6, 6.07) is 0. The van der Waals surface area contributed by atoms with Gasteiger partial charge in [-0.2, -0.15) is 0 Å². The summed E-state index contributed by atoms with van der Waals surface area (Å²) in [5.41, 5.74) is 0. The van der Waals surface area contributed by atoms with E-state index in [9.17, 15) is 4.79 Å². The summed E-state index contributed by atoms with van der Waals surface area (Å²) >= 11 is 0. The van der Waals surface area contributed by atoms with Crippen molar-refractivity contribution in [2.75, 3.05) is 26.9 Å². The summed E-state index contributed by atoms with van der Waals surface area (Å²) in [6.07, 6.45) is 26.3. The molecule has 0 fully saturated rings. The van der Waals surface area contributed by atoms with Crippen LogP contribution in [0.1, 0.15) is 71.6 Å². The Bertz CT molecular complexity index is 526. The van der Waals surface area contributed by atoms with Crippen molar-refractivity contribution in [1.29, 1.82) is 0 Å². The molecule has 0 saturated heterocycles. The number of methoxy groups -OCH3 is 1. The normalized spacial score (nSPS) is 14.3. The van der Waals surface area contributed by atoms with Crippen LogP contribution in [0.25, 0.3) is 0 Å². The van der Waals surface area contributed by atoms with Gasteiger partial charge in [-0.3, -0.25) is 4.79 Å². The van der Waals surface area contributed by atoms with Crippen molar-refractivity contribution in [3.8, 4) is 0 Å². The van der Waals surface area contributed by atoms with E-state index in [1.54, 1.807) is 7.11 Å². The third kappa shape index (κ3) is 22.8. The fourth-order valence-electron chi connectivity index (χ4n) is 2.75. The number of ether oxygens (including phenoxy) is 2. The van der Waals surface area contributed by atoms with Crippen LogP contribution in [0, 0.1) is 5.92 Å². The van der Waals surface area contributed by atoms with Crippen molar-refractivity contribution in [2.45, 2.75) is 77.9 Å². The molecule has 0 radical (unpaired) electrons. The highest BCUT2D eigenvalue weighted by Gasteiger charge is 1.98. The molecule has 0 spiro atoms. The maximum atomic E-state index is 11.4. The molecule has 0 heterocycles. The number of rotatable bonds is 20. The summed E-state index contributed by atoms with van der Waals surface area (Å²) in [6.45, 7) is 5.24. The highest BCUT2D eigenvalue weighted by molar-refractivity contribution is 5.75. The number of nitrogens with one attached hydrogen (secondary N) is 1. The molecule has 0 aromatic carbocycles. The summed E-state index contributed by atoms with van der Waals surface area (Å²) in [5.74, 6) is 0.477. The van der Waals surface area contributed by atoms with Crippen LogP contribution >= 0.6 is 0 Å². The standard InChI is InChI=1S/C26H45NO4/c1-24(19-15-11-9-13-17-23-31-25(2)30-3)18-14-10-7-5-4-6-8-12-16-20-26(29)27-21-22-28/h5-8,14-15,18-19,24-25,28H,4,9-13,16-17,20-23H2,1-3H3,(H,27,29)/b7-5-,8-6-,18-14-,19-15-.